The lowest BCUT2D eigenvalue weighted by atomic mass is 10.0. The van der Waals surface area contributed by atoms with Crippen LogP contribution < -0.4 is 5.32 Å². The smallest absolute Gasteiger partial charge is 0.223 e. The minimum absolute atomic E-state index is 0.220. The van der Waals surface area contributed by atoms with Crippen molar-refractivity contribution in [3.8, 4) is 0 Å². The zero-order chi connectivity index (χ0) is 13.5. The lowest BCUT2D eigenvalue weighted by Crippen LogP contribution is -2.46. The van der Waals surface area contributed by atoms with E-state index in [2.05, 4.69) is 24.1 Å². The molecule has 0 radical (unpaired) electrons. The van der Waals surface area contributed by atoms with Crippen LogP contribution in [-0.4, -0.2) is 61.5 Å². The quantitative estimate of drug-likeness (QED) is 0.777. The fourth-order valence-electron chi connectivity index (χ4n) is 2.39. The molecule has 1 atom stereocenters. The fourth-order valence-corrected chi connectivity index (χ4v) is 2.39. The topological polar surface area (TPSA) is 35.6 Å². The van der Waals surface area contributed by atoms with Crippen LogP contribution in [0.1, 0.15) is 39.5 Å². The minimum atomic E-state index is 0.220. The Bertz CT molecular complexity index is 247. The van der Waals surface area contributed by atoms with Crippen molar-refractivity contribution in [1.29, 1.82) is 0 Å². The summed E-state index contributed by atoms with van der Waals surface area (Å²) in [5, 5.41) is 3.58. The number of nitrogens with one attached hydrogen (secondary N) is 1. The Hall–Kier alpha value is -0.610. The molecule has 0 bridgehead atoms. The van der Waals surface area contributed by atoms with Crippen molar-refractivity contribution >= 4 is 5.91 Å². The van der Waals surface area contributed by atoms with Crippen molar-refractivity contribution in [2.45, 2.75) is 51.6 Å². The van der Waals surface area contributed by atoms with E-state index in [0.717, 1.165) is 19.6 Å². The molecule has 0 spiro atoms. The van der Waals surface area contributed by atoms with E-state index in [9.17, 15) is 4.79 Å². The van der Waals surface area contributed by atoms with Crippen LogP contribution in [0.3, 0.4) is 0 Å². The average Bonchev–Trinajstić information content (AvgIpc) is 2.34. The monoisotopic (exact) mass is 255 g/mol. The molecule has 106 valence electrons. The normalized spacial score (nSPS) is 20.4. The summed E-state index contributed by atoms with van der Waals surface area (Å²) in [7, 11) is 3.65. The van der Waals surface area contributed by atoms with Crippen LogP contribution >= 0.6 is 0 Å². The molecule has 0 aliphatic carbocycles. The Kier molecular flexibility index (Phi) is 6.65. The van der Waals surface area contributed by atoms with Gasteiger partial charge >= 0.3 is 0 Å². The van der Waals surface area contributed by atoms with E-state index in [0.29, 0.717) is 18.5 Å². The summed E-state index contributed by atoms with van der Waals surface area (Å²) in [6.07, 6.45) is 4.53. The SMILES string of the molecule is CC(C)N(CCC(=O)N(C)C)CC1CCCCN1. The van der Waals surface area contributed by atoms with Gasteiger partial charge in [-0.2, -0.15) is 0 Å². The zero-order valence-electron chi connectivity index (χ0n) is 12.4. The highest BCUT2D eigenvalue weighted by Gasteiger charge is 2.19. The number of hydrogen-bond donors (Lipinski definition) is 1. The molecule has 0 saturated carbocycles. The summed E-state index contributed by atoms with van der Waals surface area (Å²) in [4.78, 5) is 15.7. The van der Waals surface area contributed by atoms with Gasteiger partial charge in [-0.3, -0.25) is 9.69 Å². The van der Waals surface area contributed by atoms with Gasteiger partial charge in [-0.25, -0.2) is 0 Å². The van der Waals surface area contributed by atoms with Crippen molar-refractivity contribution in [2.24, 2.45) is 0 Å². The Balaban J connectivity index is 2.36. The summed E-state index contributed by atoms with van der Waals surface area (Å²) < 4.78 is 0. The summed E-state index contributed by atoms with van der Waals surface area (Å²) >= 11 is 0. The average molecular weight is 255 g/mol. The van der Waals surface area contributed by atoms with Gasteiger partial charge in [-0.15, -0.1) is 0 Å². The number of amides is 1. The van der Waals surface area contributed by atoms with Crippen LogP contribution in [0.4, 0.5) is 0 Å². The van der Waals surface area contributed by atoms with Gasteiger partial charge in [-0.05, 0) is 33.2 Å². The van der Waals surface area contributed by atoms with E-state index in [1.807, 2.05) is 14.1 Å². The predicted octanol–water partition coefficient (Wildman–Crippen LogP) is 1.32. The molecule has 0 aromatic rings. The van der Waals surface area contributed by atoms with Gasteiger partial charge in [0, 0.05) is 45.7 Å². The molecule has 1 aliphatic heterocycles. The predicted molar refractivity (Wildman–Crippen MR) is 75.7 cm³/mol. The maximum Gasteiger partial charge on any atom is 0.223 e. The van der Waals surface area contributed by atoms with Gasteiger partial charge < -0.3 is 10.2 Å². The van der Waals surface area contributed by atoms with Gasteiger partial charge in [0.15, 0.2) is 0 Å². The zero-order valence-corrected chi connectivity index (χ0v) is 12.4. The summed E-state index contributed by atoms with van der Waals surface area (Å²) in [5.41, 5.74) is 0. The van der Waals surface area contributed by atoms with Gasteiger partial charge in [0.1, 0.15) is 0 Å². The molecular formula is C14H29N3O. The molecule has 0 aromatic carbocycles. The van der Waals surface area contributed by atoms with Crippen molar-refractivity contribution in [3.63, 3.8) is 0 Å². The molecule has 1 unspecified atom stereocenters. The Morgan fingerprint density at radius 3 is 2.56 bits per heavy atom. The Labute approximate surface area is 112 Å². The minimum Gasteiger partial charge on any atom is -0.349 e. The molecule has 18 heavy (non-hydrogen) atoms. The maximum atomic E-state index is 11.6. The number of piperidine rings is 1. The molecule has 4 heteroatoms. The third-order valence-electron chi connectivity index (χ3n) is 3.71. The van der Waals surface area contributed by atoms with E-state index in [-0.39, 0.29) is 5.91 Å². The Morgan fingerprint density at radius 1 is 1.33 bits per heavy atom. The molecule has 1 N–H and O–H groups in total. The number of carbonyl (C=O) groups is 1. The highest BCUT2D eigenvalue weighted by atomic mass is 16.2. The first-order valence-corrected chi connectivity index (χ1v) is 7.18. The first-order valence-electron chi connectivity index (χ1n) is 7.18. The summed E-state index contributed by atoms with van der Waals surface area (Å²) in [5.74, 6) is 0.220. The number of rotatable bonds is 6. The van der Waals surface area contributed by atoms with Gasteiger partial charge in [0.25, 0.3) is 0 Å². The molecule has 4 nitrogen and oxygen atoms in total. The van der Waals surface area contributed by atoms with Crippen LogP contribution in [0.25, 0.3) is 0 Å². The second kappa shape index (κ2) is 7.74. The van der Waals surface area contributed by atoms with E-state index in [4.69, 9.17) is 0 Å². The Morgan fingerprint density at radius 2 is 2.06 bits per heavy atom. The lowest BCUT2D eigenvalue weighted by molar-refractivity contribution is -0.129. The van der Waals surface area contributed by atoms with Crippen molar-refractivity contribution in [3.05, 3.63) is 0 Å². The molecule has 1 fully saturated rings. The lowest BCUT2D eigenvalue weighted by Gasteiger charge is -2.33. The highest BCUT2D eigenvalue weighted by Crippen LogP contribution is 2.11. The molecule has 1 rings (SSSR count). The molecule has 1 aliphatic rings. The van der Waals surface area contributed by atoms with Gasteiger partial charge in [0.2, 0.25) is 5.91 Å². The standard InChI is InChI=1S/C14H29N3O/c1-12(2)17(10-8-14(18)16(3)4)11-13-7-5-6-9-15-13/h12-13,15H,5-11H2,1-4H3. The summed E-state index contributed by atoms with van der Waals surface area (Å²) in [6, 6.07) is 1.11. The molecular weight excluding hydrogens is 226 g/mol. The van der Waals surface area contributed by atoms with Crippen molar-refractivity contribution < 1.29 is 4.79 Å². The third kappa shape index (κ3) is 5.36. The van der Waals surface area contributed by atoms with Crippen LogP contribution in [0.5, 0.6) is 0 Å². The van der Waals surface area contributed by atoms with E-state index in [1.54, 1.807) is 4.90 Å². The first-order chi connectivity index (χ1) is 8.50. The second-order valence-electron chi connectivity index (χ2n) is 5.77. The number of carbonyl (C=O) groups excluding carboxylic acids is 1. The second-order valence-corrected chi connectivity index (χ2v) is 5.77. The van der Waals surface area contributed by atoms with E-state index in [1.165, 1.54) is 19.3 Å². The van der Waals surface area contributed by atoms with Crippen molar-refractivity contribution in [2.75, 3.05) is 33.7 Å². The number of hydrogen-bond acceptors (Lipinski definition) is 3. The van der Waals surface area contributed by atoms with Crippen molar-refractivity contribution in [1.82, 2.24) is 15.1 Å². The fraction of sp³-hybridized carbons (Fsp3) is 0.929. The largest absolute Gasteiger partial charge is 0.349 e. The van der Waals surface area contributed by atoms with Crippen LogP contribution in [0, 0.1) is 0 Å². The van der Waals surface area contributed by atoms with E-state index < -0.39 is 0 Å². The maximum absolute atomic E-state index is 11.6. The molecule has 1 amide bonds. The van der Waals surface area contributed by atoms with E-state index >= 15 is 0 Å². The number of nitrogens with zero attached hydrogens (tertiary/aromatic N) is 2. The summed E-state index contributed by atoms with van der Waals surface area (Å²) in [6.45, 7) is 7.50. The third-order valence-corrected chi connectivity index (χ3v) is 3.71. The molecule has 1 saturated heterocycles. The molecule has 1 heterocycles. The van der Waals surface area contributed by atoms with Gasteiger partial charge in [-0.1, -0.05) is 6.42 Å². The van der Waals surface area contributed by atoms with Crippen LogP contribution in [0.15, 0.2) is 0 Å². The van der Waals surface area contributed by atoms with Crippen LogP contribution in [0.2, 0.25) is 0 Å². The molecule has 0 aromatic heterocycles. The van der Waals surface area contributed by atoms with Crippen LogP contribution in [-0.2, 0) is 4.79 Å². The first kappa shape index (κ1) is 15.4. The highest BCUT2D eigenvalue weighted by molar-refractivity contribution is 5.75. The van der Waals surface area contributed by atoms with Gasteiger partial charge in [0.05, 0.1) is 0 Å².